The molecule has 1 aromatic rings. The van der Waals surface area contributed by atoms with Crippen molar-refractivity contribution in [2.24, 2.45) is 0 Å². The van der Waals surface area contributed by atoms with Crippen LogP contribution in [0.1, 0.15) is 24.8 Å². The highest BCUT2D eigenvalue weighted by Gasteiger charge is 2.22. The Bertz CT molecular complexity index is 377. The Morgan fingerprint density at radius 2 is 2.06 bits per heavy atom. The van der Waals surface area contributed by atoms with Gasteiger partial charge in [-0.05, 0) is 19.3 Å². The van der Waals surface area contributed by atoms with Gasteiger partial charge in [-0.3, -0.25) is 0 Å². The van der Waals surface area contributed by atoms with Crippen molar-refractivity contribution >= 4 is 5.95 Å². The first kappa shape index (κ1) is 10.9. The molecular formula is C12H18N4O. The van der Waals surface area contributed by atoms with Gasteiger partial charge in [0, 0.05) is 43.6 Å². The Morgan fingerprint density at radius 3 is 2.65 bits per heavy atom. The molecule has 3 rings (SSSR count). The lowest BCUT2D eigenvalue weighted by atomic mass is 10.3. The van der Waals surface area contributed by atoms with E-state index in [0.29, 0.717) is 12.6 Å². The van der Waals surface area contributed by atoms with Crippen LogP contribution >= 0.6 is 0 Å². The van der Waals surface area contributed by atoms with Crippen LogP contribution in [0, 0.1) is 0 Å². The van der Waals surface area contributed by atoms with E-state index in [0.717, 1.165) is 31.0 Å². The number of nitrogens with one attached hydrogen (secondary N) is 1. The lowest BCUT2D eigenvalue weighted by molar-refractivity contribution is 0.198. The zero-order valence-electron chi connectivity index (χ0n) is 9.84. The fourth-order valence-electron chi connectivity index (χ4n) is 2.08. The Hall–Kier alpha value is -1.20. The molecular weight excluding hydrogens is 216 g/mol. The van der Waals surface area contributed by atoms with Crippen molar-refractivity contribution in [3.05, 3.63) is 18.0 Å². The summed E-state index contributed by atoms with van der Waals surface area (Å²) in [7, 11) is 0. The van der Waals surface area contributed by atoms with E-state index < -0.39 is 0 Å². The van der Waals surface area contributed by atoms with Crippen molar-refractivity contribution < 1.29 is 5.11 Å². The summed E-state index contributed by atoms with van der Waals surface area (Å²) in [6.07, 6.45) is 6.93. The Morgan fingerprint density at radius 1 is 1.29 bits per heavy atom. The highest BCUT2D eigenvalue weighted by atomic mass is 16.3. The Kier molecular flexibility index (Phi) is 2.94. The van der Waals surface area contributed by atoms with E-state index in [1.165, 1.54) is 12.8 Å². The van der Waals surface area contributed by atoms with E-state index in [9.17, 15) is 5.11 Å². The molecule has 2 fully saturated rings. The van der Waals surface area contributed by atoms with Crippen LogP contribution in [0.3, 0.4) is 0 Å². The summed E-state index contributed by atoms with van der Waals surface area (Å²) in [5, 5.41) is 12.9. The standard InChI is InChI=1S/C12H18N4O/c17-11-3-4-16(8-11)12-14-6-9(7-15-12)5-13-10-1-2-10/h6-7,10-11,13,17H,1-5,8H2. The van der Waals surface area contributed by atoms with E-state index in [4.69, 9.17) is 0 Å². The van der Waals surface area contributed by atoms with Gasteiger partial charge in [0.05, 0.1) is 6.10 Å². The number of aliphatic hydroxyl groups is 1. The number of β-amino-alcohol motifs (C(OH)–C–C–N with tert-alkyl or cyclic N) is 1. The van der Waals surface area contributed by atoms with Crippen LogP contribution in [0.4, 0.5) is 5.95 Å². The fourth-order valence-corrected chi connectivity index (χ4v) is 2.08. The summed E-state index contributed by atoms with van der Waals surface area (Å²) in [5.41, 5.74) is 1.13. The lowest BCUT2D eigenvalue weighted by Gasteiger charge is -2.15. The highest BCUT2D eigenvalue weighted by Crippen LogP contribution is 2.19. The first-order chi connectivity index (χ1) is 8.31. The number of aromatic nitrogens is 2. The number of rotatable bonds is 4. The molecule has 1 aliphatic carbocycles. The SMILES string of the molecule is OC1CCN(c2ncc(CNC3CC3)cn2)C1. The molecule has 1 unspecified atom stereocenters. The van der Waals surface area contributed by atoms with Crippen molar-refractivity contribution in [2.45, 2.75) is 38.0 Å². The molecule has 0 amide bonds. The molecule has 0 aromatic carbocycles. The molecule has 2 heterocycles. The Balaban J connectivity index is 1.58. The van der Waals surface area contributed by atoms with Gasteiger partial charge in [-0.15, -0.1) is 0 Å². The summed E-state index contributed by atoms with van der Waals surface area (Å²) < 4.78 is 0. The smallest absolute Gasteiger partial charge is 0.225 e. The first-order valence-electron chi connectivity index (χ1n) is 6.28. The van der Waals surface area contributed by atoms with Crippen molar-refractivity contribution in [3.63, 3.8) is 0 Å². The van der Waals surface area contributed by atoms with Gasteiger partial charge in [0.2, 0.25) is 5.95 Å². The minimum absolute atomic E-state index is 0.227. The van der Waals surface area contributed by atoms with Gasteiger partial charge < -0.3 is 15.3 Å². The van der Waals surface area contributed by atoms with Gasteiger partial charge in [-0.2, -0.15) is 0 Å². The summed E-state index contributed by atoms with van der Waals surface area (Å²) in [6.45, 7) is 2.36. The molecule has 2 aliphatic rings. The summed E-state index contributed by atoms with van der Waals surface area (Å²) in [6, 6.07) is 0.711. The van der Waals surface area contributed by atoms with Crippen molar-refractivity contribution in [1.29, 1.82) is 0 Å². The summed E-state index contributed by atoms with van der Waals surface area (Å²) >= 11 is 0. The second-order valence-corrected chi connectivity index (χ2v) is 4.94. The molecule has 1 aromatic heterocycles. The molecule has 17 heavy (non-hydrogen) atoms. The molecule has 5 nitrogen and oxygen atoms in total. The van der Waals surface area contributed by atoms with Gasteiger partial charge in [-0.1, -0.05) is 0 Å². The highest BCUT2D eigenvalue weighted by molar-refractivity contribution is 5.31. The quantitative estimate of drug-likeness (QED) is 0.784. The number of hydrogen-bond acceptors (Lipinski definition) is 5. The third-order valence-electron chi connectivity index (χ3n) is 3.31. The average molecular weight is 234 g/mol. The van der Waals surface area contributed by atoms with Crippen LogP contribution in [0.25, 0.3) is 0 Å². The molecule has 0 bridgehead atoms. The van der Waals surface area contributed by atoms with Crippen LogP contribution in [0.15, 0.2) is 12.4 Å². The van der Waals surface area contributed by atoms with E-state index in [-0.39, 0.29) is 6.10 Å². The predicted octanol–water partition coefficient (Wildman–Crippen LogP) is 0.300. The van der Waals surface area contributed by atoms with Crippen LogP contribution in [0.5, 0.6) is 0 Å². The first-order valence-corrected chi connectivity index (χ1v) is 6.28. The van der Waals surface area contributed by atoms with Gasteiger partial charge in [-0.25, -0.2) is 9.97 Å². The van der Waals surface area contributed by atoms with Crippen LogP contribution < -0.4 is 10.2 Å². The topological polar surface area (TPSA) is 61.3 Å². The van der Waals surface area contributed by atoms with Gasteiger partial charge in [0.25, 0.3) is 0 Å². The Labute approximate surface area is 101 Å². The number of anilines is 1. The molecule has 1 saturated heterocycles. The largest absolute Gasteiger partial charge is 0.391 e. The number of hydrogen-bond donors (Lipinski definition) is 2. The molecule has 5 heteroatoms. The normalized spacial score (nSPS) is 24.3. The molecule has 0 radical (unpaired) electrons. The van der Waals surface area contributed by atoms with Gasteiger partial charge in [0.1, 0.15) is 0 Å². The van der Waals surface area contributed by atoms with Crippen LogP contribution in [0.2, 0.25) is 0 Å². The summed E-state index contributed by atoms with van der Waals surface area (Å²) in [4.78, 5) is 10.7. The molecule has 1 aliphatic heterocycles. The zero-order chi connectivity index (χ0) is 11.7. The predicted molar refractivity (Wildman–Crippen MR) is 64.7 cm³/mol. The van der Waals surface area contributed by atoms with Crippen molar-refractivity contribution in [3.8, 4) is 0 Å². The second kappa shape index (κ2) is 4.58. The number of aliphatic hydroxyl groups excluding tert-OH is 1. The second-order valence-electron chi connectivity index (χ2n) is 4.94. The average Bonchev–Trinajstić information content (AvgIpc) is 3.09. The number of nitrogens with zero attached hydrogens (tertiary/aromatic N) is 3. The van der Waals surface area contributed by atoms with Crippen LogP contribution in [-0.4, -0.2) is 40.3 Å². The maximum atomic E-state index is 9.46. The molecule has 92 valence electrons. The lowest BCUT2D eigenvalue weighted by Crippen LogP contribution is -2.23. The van der Waals surface area contributed by atoms with E-state index >= 15 is 0 Å². The summed E-state index contributed by atoms with van der Waals surface area (Å²) in [5.74, 6) is 0.733. The van der Waals surface area contributed by atoms with E-state index in [2.05, 4.69) is 15.3 Å². The maximum absolute atomic E-state index is 9.46. The maximum Gasteiger partial charge on any atom is 0.225 e. The van der Waals surface area contributed by atoms with Gasteiger partial charge in [0.15, 0.2) is 0 Å². The zero-order valence-corrected chi connectivity index (χ0v) is 9.84. The fraction of sp³-hybridized carbons (Fsp3) is 0.667. The van der Waals surface area contributed by atoms with Crippen LogP contribution in [-0.2, 0) is 6.54 Å². The third-order valence-corrected chi connectivity index (χ3v) is 3.31. The molecule has 0 spiro atoms. The third kappa shape index (κ3) is 2.73. The van der Waals surface area contributed by atoms with Crippen molar-refractivity contribution in [2.75, 3.05) is 18.0 Å². The molecule has 1 atom stereocenters. The molecule has 2 N–H and O–H groups in total. The van der Waals surface area contributed by atoms with Gasteiger partial charge >= 0.3 is 0 Å². The van der Waals surface area contributed by atoms with E-state index in [1.807, 2.05) is 17.3 Å². The van der Waals surface area contributed by atoms with E-state index in [1.54, 1.807) is 0 Å². The minimum Gasteiger partial charge on any atom is -0.391 e. The monoisotopic (exact) mass is 234 g/mol. The molecule has 1 saturated carbocycles. The van der Waals surface area contributed by atoms with Crippen molar-refractivity contribution in [1.82, 2.24) is 15.3 Å². The minimum atomic E-state index is -0.227.